The lowest BCUT2D eigenvalue weighted by Crippen LogP contribution is -2.50. The van der Waals surface area contributed by atoms with Gasteiger partial charge in [-0.05, 0) is 71.8 Å². The summed E-state index contributed by atoms with van der Waals surface area (Å²) < 4.78 is 27.8. The van der Waals surface area contributed by atoms with E-state index in [1.54, 1.807) is 12.1 Å². The van der Waals surface area contributed by atoms with E-state index in [0.29, 0.717) is 23.1 Å². The first-order valence-electron chi connectivity index (χ1n) is 9.60. The average molecular weight is 463 g/mol. The van der Waals surface area contributed by atoms with Crippen molar-refractivity contribution in [3.8, 4) is 0 Å². The van der Waals surface area contributed by atoms with Crippen LogP contribution >= 0.6 is 15.9 Å². The van der Waals surface area contributed by atoms with Gasteiger partial charge in [0.05, 0.1) is 16.0 Å². The molecule has 0 bridgehead atoms. The van der Waals surface area contributed by atoms with Crippen molar-refractivity contribution in [1.82, 2.24) is 9.62 Å². The summed E-state index contributed by atoms with van der Waals surface area (Å²) in [5.41, 5.74) is 1.07. The molecule has 5 nitrogen and oxygen atoms in total. The second-order valence-electron chi connectivity index (χ2n) is 7.51. The Morgan fingerprint density at radius 3 is 2.29 bits per heavy atom. The zero-order valence-electron chi connectivity index (χ0n) is 15.5. The lowest BCUT2D eigenvalue weighted by atomic mass is 9.71. The van der Waals surface area contributed by atoms with Crippen LogP contribution in [0.2, 0.25) is 0 Å². The monoisotopic (exact) mass is 462 g/mol. The highest BCUT2D eigenvalue weighted by molar-refractivity contribution is 9.10. The number of nitrogens with one attached hydrogen (secondary N) is 1. The van der Waals surface area contributed by atoms with Crippen molar-refractivity contribution >= 4 is 31.9 Å². The van der Waals surface area contributed by atoms with Gasteiger partial charge in [0.25, 0.3) is 5.91 Å². The highest BCUT2D eigenvalue weighted by Crippen LogP contribution is 2.41. The molecular weight excluding hydrogens is 440 g/mol. The van der Waals surface area contributed by atoms with Crippen molar-refractivity contribution in [3.05, 3.63) is 64.1 Å². The minimum absolute atomic E-state index is 0.171. The van der Waals surface area contributed by atoms with Crippen molar-refractivity contribution in [2.24, 2.45) is 0 Å². The second-order valence-corrected chi connectivity index (χ2v) is 10.3. The first-order valence-corrected chi connectivity index (χ1v) is 11.8. The summed E-state index contributed by atoms with van der Waals surface area (Å²) >= 11 is 3.42. The van der Waals surface area contributed by atoms with Crippen LogP contribution in [0.15, 0.2) is 57.9 Å². The summed E-state index contributed by atoms with van der Waals surface area (Å²) in [5.74, 6) is -0.256. The Kier molecular flexibility index (Phi) is 5.33. The summed E-state index contributed by atoms with van der Waals surface area (Å²) in [4.78, 5) is 13.3. The topological polar surface area (TPSA) is 66.5 Å². The fourth-order valence-corrected chi connectivity index (χ4v) is 5.94. The molecule has 1 amide bonds. The van der Waals surface area contributed by atoms with Crippen LogP contribution in [0.5, 0.6) is 0 Å². The zero-order valence-corrected chi connectivity index (χ0v) is 17.9. The molecule has 1 heterocycles. The Morgan fingerprint density at radius 2 is 1.68 bits per heavy atom. The van der Waals surface area contributed by atoms with Crippen LogP contribution in [0.1, 0.15) is 48.0 Å². The van der Waals surface area contributed by atoms with Crippen molar-refractivity contribution in [2.45, 2.75) is 42.5 Å². The maximum atomic E-state index is 13.1. The van der Waals surface area contributed by atoms with Crippen molar-refractivity contribution in [3.63, 3.8) is 0 Å². The SMILES string of the molecule is O=C(NC1(c2ccccc2)CCC1)c1cc(S(=O)(=O)N2CCCC2)ccc1Br. The maximum absolute atomic E-state index is 13.1. The Labute approximate surface area is 174 Å². The highest BCUT2D eigenvalue weighted by Gasteiger charge is 2.40. The Bertz CT molecular complexity index is 982. The van der Waals surface area contributed by atoms with Gasteiger partial charge in [0, 0.05) is 17.6 Å². The lowest BCUT2D eigenvalue weighted by molar-refractivity contribution is 0.0822. The number of amides is 1. The molecule has 1 aliphatic carbocycles. The van der Waals surface area contributed by atoms with Crippen LogP contribution in [0.3, 0.4) is 0 Å². The Balaban J connectivity index is 1.63. The van der Waals surface area contributed by atoms with Crippen molar-refractivity contribution < 1.29 is 13.2 Å². The predicted molar refractivity (Wildman–Crippen MR) is 112 cm³/mol. The first-order chi connectivity index (χ1) is 13.4. The molecule has 28 heavy (non-hydrogen) atoms. The third-order valence-electron chi connectivity index (χ3n) is 5.77. The van der Waals surface area contributed by atoms with Gasteiger partial charge in [-0.15, -0.1) is 0 Å². The van der Waals surface area contributed by atoms with E-state index in [0.717, 1.165) is 37.7 Å². The van der Waals surface area contributed by atoms with Gasteiger partial charge in [-0.1, -0.05) is 30.3 Å². The summed E-state index contributed by atoms with van der Waals surface area (Å²) in [6.07, 6.45) is 4.57. The molecule has 148 valence electrons. The van der Waals surface area contributed by atoms with Crippen molar-refractivity contribution in [2.75, 3.05) is 13.1 Å². The van der Waals surface area contributed by atoms with Crippen LogP contribution in [-0.4, -0.2) is 31.7 Å². The molecule has 0 unspecified atom stereocenters. The molecule has 1 aliphatic heterocycles. The number of rotatable bonds is 5. The van der Waals surface area contributed by atoms with Gasteiger partial charge in [-0.2, -0.15) is 4.31 Å². The Hall–Kier alpha value is -1.70. The van der Waals surface area contributed by atoms with Crippen LogP contribution < -0.4 is 5.32 Å². The van der Waals surface area contributed by atoms with Crippen LogP contribution in [0.25, 0.3) is 0 Å². The average Bonchev–Trinajstić information content (AvgIpc) is 3.21. The molecule has 0 atom stereocenters. The standard InChI is InChI=1S/C21H23BrN2O3S/c22-19-10-9-17(28(26,27)24-13-4-5-14-24)15-18(19)20(25)23-21(11-6-12-21)16-7-2-1-3-8-16/h1-3,7-10,15H,4-6,11-14H2,(H,23,25). The molecule has 2 fully saturated rings. The largest absolute Gasteiger partial charge is 0.342 e. The van der Waals surface area contributed by atoms with Gasteiger partial charge in [-0.25, -0.2) is 8.42 Å². The fraction of sp³-hybridized carbons (Fsp3) is 0.381. The molecule has 1 saturated carbocycles. The fourth-order valence-electron chi connectivity index (χ4n) is 3.97. The van der Waals surface area contributed by atoms with E-state index >= 15 is 0 Å². The van der Waals surface area contributed by atoms with Gasteiger partial charge >= 0.3 is 0 Å². The molecule has 2 aromatic carbocycles. The predicted octanol–water partition coefficient (Wildman–Crippen LogP) is 4.04. The smallest absolute Gasteiger partial charge is 0.253 e. The van der Waals surface area contributed by atoms with E-state index in [4.69, 9.17) is 0 Å². The number of halogens is 1. The number of benzene rings is 2. The van der Waals surface area contributed by atoms with Gasteiger partial charge in [0.2, 0.25) is 10.0 Å². The summed E-state index contributed by atoms with van der Waals surface area (Å²) in [6.45, 7) is 1.08. The summed E-state index contributed by atoms with van der Waals surface area (Å²) in [7, 11) is -3.57. The zero-order chi connectivity index (χ0) is 19.8. The molecule has 4 rings (SSSR count). The minimum atomic E-state index is -3.57. The third kappa shape index (κ3) is 3.51. The summed E-state index contributed by atoms with van der Waals surface area (Å²) in [6, 6.07) is 14.7. The normalized spacial score (nSPS) is 19.2. The van der Waals surface area contributed by atoms with Gasteiger partial charge in [-0.3, -0.25) is 4.79 Å². The molecule has 0 radical (unpaired) electrons. The van der Waals surface area contributed by atoms with Crippen LogP contribution in [0, 0.1) is 0 Å². The number of nitrogens with zero attached hydrogens (tertiary/aromatic N) is 1. The highest BCUT2D eigenvalue weighted by atomic mass is 79.9. The van der Waals surface area contributed by atoms with Crippen LogP contribution in [0.4, 0.5) is 0 Å². The molecular formula is C21H23BrN2O3S. The third-order valence-corrected chi connectivity index (χ3v) is 8.36. The Morgan fingerprint density at radius 1 is 1.00 bits per heavy atom. The molecule has 1 saturated heterocycles. The molecule has 2 aliphatic rings. The lowest BCUT2D eigenvalue weighted by Gasteiger charge is -2.43. The number of sulfonamides is 1. The van der Waals surface area contributed by atoms with Crippen molar-refractivity contribution in [1.29, 1.82) is 0 Å². The number of hydrogen-bond acceptors (Lipinski definition) is 3. The maximum Gasteiger partial charge on any atom is 0.253 e. The minimum Gasteiger partial charge on any atom is -0.342 e. The second kappa shape index (κ2) is 7.61. The molecule has 7 heteroatoms. The van der Waals surface area contributed by atoms with E-state index in [1.165, 1.54) is 10.4 Å². The number of hydrogen-bond donors (Lipinski definition) is 1. The van der Waals surface area contributed by atoms with Gasteiger partial charge in [0.1, 0.15) is 0 Å². The number of carbonyl (C=O) groups excluding carboxylic acids is 1. The van der Waals surface area contributed by atoms with Gasteiger partial charge < -0.3 is 5.32 Å². The number of carbonyl (C=O) groups is 1. The summed E-state index contributed by atoms with van der Waals surface area (Å²) in [5, 5.41) is 3.17. The van der Waals surface area contributed by atoms with E-state index in [1.807, 2.05) is 30.3 Å². The molecule has 0 spiro atoms. The van der Waals surface area contributed by atoms with E-state index in [9.17, 15) is 13.2 Å². The van der Waals surface area contributed by atoms with Crippen LogP contribution in [-0.2, 0) is 15.6 Å². The van der Waals surface area contributed by atoms with E-state index in [2.05, 4.69) is 21.2 Å². The van der Waals surface area contributed by atoms with Gasteiger partial charge in [0.15, 0.2) is 0 Å². The molecule has 1 N–H and O–H groups in total. The molecule has 2 aromatic rings. The quantitative estimate of drug-likeness (QED) is 0.728. The van der Waals surface area contributed by atoms with E-state index < -0.39 is 10.0 Å². The van der Waals surface area contributed by atoms with E-state index in [-0.39, 0.29) is 16.3 Å². The first kappa shape index (κ1) is 19.6. The molecule has 0 aromatic heterocycles.